The van der Waals surface area contributed by atoms with Gasteiger partial charge in [-0.15, -0.1) is 0 Å². The maximum Gasteiger partial charge on any atom is 0.0721 e. The lowest BCUT2D eigenvalue weighted by atomic mass is 9.97. The van der Waals surface area contributed by atoms with Crippen molar-refractivity contribution in [2.75, 3.05) is 6.61 Å². The summed E-state index contributed by atoms with van der Waals surface area (Å²) in [5, 5.41) is 0. The van der Waals surface area contributed by atoms with Crippen LogP contribution in [0.5, 0.6) is 0 Å². The second-order valence-corrected chi connectivity index (χ2v) is 6.04. The summed E-state index contributed by atoms with van der Waals surface area (Å²) >= 11 is 0. The van der Waals surface area contributed by atoms with Crippen LogP contribution in [0.2, 0.25) is 0 Å². The molecule has 2 heteroatoms. The molecule has 2 aromatic carbocycles. The van der Waals surface area contributed by atoms with E-state index in [4.69, 9.17) is 9.47 Å². The van der Waals surface area contributed by atoms with Gasteiger partial charge in [-0.3, -0.25) is 0 Å². The quantitative estimate of drug-likeness (QED) is 0.677. The van der Waals surface area contributed by atoms with E-state index in [0.717, 1.165) is 19.3 Å². The molecule has 0 aromatic heterocycles. The standard InChI is InChI=1S/C21H24O2/c1-3-8-18(9-4-1)15-22-16-20-12-7-13-21(14-20)23-17-19-10-5-2-6-11-19/h1-6,8-12,21H,7,13-17H2/t21-/m1/s1. The van der Waals surface area contributed by atoms with Gasteiger partial charge >= 0.3 is 0 Å². The molecule has 0 heterocycles. The van der Waals surface area contributed by atoms with Gasteiger partial charge in [0.1, 0.15) is 0 Å². The van der Waals surface area contributed by atoms with Gasteiger partial charge in [0.2, 0.25) is 0 Å². The Hall–Kier alpha value is -1.90. The van der Waals surface area contributed by atoms with E-state index >= 15 is 0 Å². The molecule has 2 aromatic rings. The van der Waals surface area contributed by atoms with Crippen LogP contribution in [0.4, 0.5) is 0 Å². The zero-order valence-corrected chi connectivity index (χ0v) is 13.5. The molecule has 0 aliphatic heterocycles. The summed E-state index contributed by atoms with van der Waals surface area (Å²) in [5.74, 6) is 0. The highest BCUT2D eigenvalue weighted by atomic mass is 16.5. The zero-order chi connectivity index (χ0) is 15.7. The van der Waals surface area contributed by atoms with Crippen LogP contribution in [0.15, 0.2) is 72.3 Å². The number of ether oxygens (including phenoxy) is 2. The fourth-order valence-corrected chi connectivity index (χ4v) is 2.87. The summed E-state index contributed by atoms with van der Waals surface area (Å²) in [6.45, 7) is 2.08. The molecule has 0 bridgehead atoms. The Labute approximate surface area is 138 Å². The molecular weight excluding hydrogens is 284 g/mol. The fourth-order valence-electron chi connectivity index (χ4n) is 2.87. The molecule has 2 nitrogen and oxygen atoms in total. The summed E-state index contributed by atoms with van der Waals surface area (Å²) < 4.78 is 11.9. The van der Waals surface area contributed by atoms with Gasteiger partial charge in [-0.2, -0.15) is 0 Å². The molecule has 1 atom stereocenters. The van der Waals surface area contributed by atoms with Crippen LogP contribution in [0, 0.1) is 0 Å². The third-order valence-corrected chi connectivity index (χ3v) is 4.14. The number of benzene rings is 2. The van der Waals surface area contributed by atoms with Crippen LogP contribution in [0.3, 0.4) is 0 Å². The van der Waals surface area contributed by atoms with Gasteiger partial charge in [0.25, 0.3) is 0 Å². The highest BCUT2D eigenvalue weighted by Crippen LogP contribution is 2.22. The number of hydrogen-bond donors (Lipinski definition) is 0. The van der Waals surface area contributed by atoms with Crippen molar-refractivity contribution in [3.63, 3.8) is 0 Å². The van der Waals surface area contributed by atoms with E-state index in [1.54, 1.807) is 0 Å². The second-order valence-electron chi connectivity index (χ2n) is 6.04. The van der Waals surface area contributed by atoms with Gasteiger partial charge in [-0.1, -0.05) is 66.7 Å². The molecule has 0 unspecified atom stereocenters. The van der Waals surface area contributed by atoms with E-state index < -0.39 is 0 Å². The van der Waals surface area contributed by atoms with Gasteiger partial charge in [-0.25, -0.2) is 0 Å². The van der Waals surface area contributed by atoms with Crippen LogP contribution in [0.25, 0.3) is 0 Å². The summed E-state index contributed by atoms with van der Waals surface area (Å²) in [4.78, 5) is 0. The van der Waals surface area contributed by atoms with E-state index in [-0.39, 0.29) is 0 Å². The van der Waals surface area contributed by atoms with Gasteiger partial charge < -0.3 is 9.47 Å². The minimum Gasteiger partial charge on any atom is -0.373 e. The molecule has 3 rings (SSSR count). The molecule has 0 N–H and O–H groups in total. The normalized spacial score (nSPS) is 17.7. The van der Waals surface area contributed by atoms with Gasteiger partial charge in [0.15, 0.2) is 0 Å². The van der Waals surface area contributed by atoms with Crippen molar-refractivity contribution in [2.45, 2.75) is 38.6 Å². The smallest absolute Gasteiger partial charge is 0.0721 e. The first-order chi connectivity index (χ1) is 11.4. The average molecular weight is 308 g/mol. The van der Waals surface area contributed by atoms with Crippen molar-refractivity contribution < 1.29 is 9.47 Å². The van der Waals surface area contributed by atoms with Crippen LogP contribution >= 0.6 is 0 Å². The fraction of sp³-hybridized carbons (Fsp3) is 0.333. The van der Waals surface area contributed by atoms with Crippen molar-refractivity contribution in [1.29, 1.82) is 0 Å². The van der Waals surface area contributed by atoms with Crippen molar-refractivity contribution in [1.82, 2.24) is 0 Å². The van der Waals surface area contributed by atoms with E-state index in [2.05, 4.69) is 42.5 Å². The molecule has 0 amide bonds. The van der Waals surface area contributed by atoms with Gasteiger partial charge in [0, 0.05) is 0 Å². The highest BCUT2D eigenvalue weighted by Gasteiger charge is 2.16. The Morgan fingerprint density at radius 2 is 1.43 bits per heavy atom. The Bertz CT molecular complexity index is 604. The van der Waals surface area contributed by atoms with E-state index in [0.29, 0.717) is 25.9 Å². The molecule has 0 radical (unpaired) electrons. The minimum absolute atomic E-state index is 0.315. The molecule has 23 heavy (non-hydrogen) atoms. The monoisotopic (exact) mass is 308 g/mol. The Morgan fingerprint density at radius 3 is 2.13 bits per heavy atom. The van der Waals surface area contributed by atoms with Gasteiger partial charge in [0.05, 0.1) is 25.9 Å². The summed E-state index contributed by atoms with van der Waals surface area (Å²) in [5.41, 5.74) is 3.83. The van der Waals surface area contributed by atoms with Crippen LogP contribution in [0.1, 0.15) is 30.4 Å². The van der Waals surface area contributed by atoms with E-state index in [9.17, 15) is 0 Å². The van der Waals surface area contributed by atoms with Crippen LogP contribution in [-0.4, -0.2) is 12.7 Å². The zero-order valence-electron chi connectivity index (χ0n) is 13.5. The van der Waals surface area contributed by atoms with Crippen molar-refractivity contribution in [3.05, 3.63) is 83.4 Å². The molecule has 120 valence electrons. The van der Waals surface area contributed by atoms with E-state index in [1.165, 1.54) is 16.7 Å². The third kappa shape index (κ3) is 5.34. The lowest BCUT2D eigenvalue weighted by Gasteiger charge is -2.23. The maximum absolute atomic E-state index is 6.07. The van der Waals surface area contributed by atoms with Crippen molar-refractivity contribution in [3.8, 4) is 0 Å². The first-order valence-corrected chi connectivity index (χ1v) is 8.35. The summed E-state index contributed by atoms with van der Waals surface area (Å²) in [6.07, 6.45) is 5.81. The first-order valence-electron chi connectivity index (χ1n) is 8.35. The second kappa shape index (κ2) is 8.66. The topological polar surface area (TPSA) is 18.5 Å². The number of allylic oxidation sites excluding steroid dienone is 1. The van der Waals surface area contributed by atoms with Crippen LogP contribution in [-0.2, 0) is 22.7 Å². The minimum atomic E-state index is 0.315. The van der Waals surface area contributed by atoms with Crippen molar-refractivity contribution >= 4 is 0 Å². The highest BCUT2D eigenvalue weighted by molar-refractivity contribution is 5.15. The van der Waals surface area contributed by atoms with Gasteiger partial charge in [-0.05, 0) is 36.0 Å². The Morgan fingerprint density at radius 1 is 0.783 bits per heavy atom. The molecule has 0 saturated carbocycles. The predicted molar refractivity (Wildman–Crippen MR) is 93.1 cm³/mol. The number of hydrogen-bond acceptors (Lipinski definition) is 2. The molecule has 0 fully saturated rings. The summed E-state index contributed by atoms with van der Waals surface area (Å²) in [6, 6.07) is 20.7. The maximum atomic E-state index is 6.07. The molecule has 0 saturated heterocycles. The predicted octanol–water partition coefficient (Wildman–Crippen LogP) is 4.90. The Kier molecular flexibility index (Phi) is 6.01. The summed E-state index contributed by atoms with van der Waals surface area (Å²) in [7, 11) is 0. The first kappa shape index (κ1) is 16.0. The molecule has 1 aliphatic carbocycles. The largest absolute Gasteiger partial charge is 0.373 e. The third-order valence-electron chi connectivity index (χ3n) is 4.14. The average Bonchev–Trinajstić information content (AvgIpc) is 2.62. The van der Waals surface area contributed by atoms with E-state index in [1.807, 2.05) is 24.3 Å². The Balaban J connectivity index is 1.40. The number of rotatable bonds is 7. The lowest BCUT2D eigenvalue weighted by Crippen LogP contribution is -2.18. The van der Waals surface area contributed by atoms with Crippen LogP contribution < -0.4 is 0 Å². The molecule has 1 aliphatic rings. The molecule has 0 spiro atoms. The molecular formula is C21H24O2. The lowest BCUT2D eigenvalue weighted by molar-refractivity contribution is 0.0285. The van der Waals surface area contributed by atoms with Crippen molar-refractivity contribution in [2.24, 2.45) is 0 Å². The SMILES string of the molecule is C1=C(COCc2ccccc2)C[C@H](OCc2ccccc2)CC1.